The van der Waals surface area contributed by atoms with Crippen molar-refractivity contribution in [3.05, 3.63) is 29.8 Å². The fraction of sp³-hybridized carbons (Fsp3) is 0.619. The predicted octanol–water partition coefficient (Wildman–Crippen LogP) is 2.82. The number of hydrogen-bond donors (Lipinski definition) is 1. The first-order valence-electron chi connectivity index (χ1n) is 9.73. The van der Waals surface area contributed by atoms with Crippen LogP contribution >= 0.6 is 0 Å². The lowest BCUT2D eigenvalue weighted by Crippen LogP contribution is -2.56. The molecule has 0 radical (unpaired) electrons. The topological polar surface area (TPSA) is 67.9 Å². The van der Waals surface area contributed by atoms with Crippen molar-refractivity contribution in [2.75, 3.05) is 20.8 Å². The Balaban J connectivity index is 1.98. The summed E-state index contributed by atoms with van der Waals surface area (Å²) in [7, 11) is 3.25. The van der Waals surface area contributed by atoms with Gasteiger partial charge in [-0.2, -0.15) is 0 Å². The van der Waals surface area contributed by atoms with E-state index in [0.717, 1.165) is 30.6 Å². The standard InChI is InChI=1S/C21H30N2O4/c1-21-14-17(15-7-6-8-16(13-15)27-3)23(20(25)11-12-26-2)18(21)9-4-5-10-19(24)22-21/h6-8,13,17-18H,4-5,9-12,14H2,1-3H3,(H,22,24)/t17-,18-,21-/m0/s1. The molecular formula is C21H30N2O4. The molecule has 0 saturated carbocycles. The van der Waals surface area contributed by atoms with Gasteiger partial charge in [-0.1, -0.05) is 18.6 Å². The largest absolute Gasteiger partial charge is 0.497 e. The van der Waals surface area contributed by atoms with Crippen LogP contribution in [0.5, 0.6) is 5.75 Å². The Kier molecular flexibility index (Phi) is 6.05. The van der Waals surface area contributed by atoms with Crippen molar-refractivity contribution in [3.8, 4) is 5.75 Å². The normalized spacial score (nSPS) is 28.1. The lowest BCUT2D eigenvalue weighted by atomic mass is 9.85. The molecule has 6 heteroatoms. The first-order chi connectivity index (χ1) is 13.0. The fourth-order valence-electron chi connectivity index (χ4n) is 4.55. The highest BCUT2D eigenvalue weighted by Gasteiger charge is 2.52. The summed E-state index contributed by atoms with van der Waals surface area (Å²) in [5.41, 5.74) is 0.621. The lowest BCUT2D eigenvalue weighted by molar-refractivity contribution is -0.137. The fourth-order valence-corrected chi connectivity index (χ4v) is 4.55. The van der Waals surface area contributed by atoms with Gasteiger partial charge >= 0.3 is 0 Å². The van der Waals surface area contributed by atoms with Gasteiger partial charge in [-0.25, -0.2) is 0 Å². The van der Waals surface area contributed by atoms with Gasteiger partial charge in [0, 0.05) is 13.5 Å². The quantitative estimate of drug-likeness (QED) is 0.861. The van der Waals surface area contributed by atoms with E-state index in [2.05, 4.69) is 12.2 Å². The van der Waals surface area contributed by atoms with Gasteiger partial charge in [0.25, 0.3) is 0 Å². The molecule has 3 atom stereocenters. The number of benzene rings is 1. The van der Waals surface area contributed by atoms with Crippen molar-refractivity contribution >= 4 is 11.8 Å². The van der Waals surface area contributed by atoms with E-state index in [-0.39, 0.29) is 23.9 Å². The van der Waals surface area contributed by atoms with Crippen LogP contribution in [0.1, 0.15) is 57.1 Å². The number of methoxy groups -OCH3 is 2. The van der Waals surface area contributed by atoms with Gasteiger partial charge in [0.15, 0.2) is 0 Å². The molecule has 2 aliphatic rings. The van der Waals surface area contributed by atoms with Crippen molar-refractivity contribution < 1.29 is 19.1 Å². The third kappa shape index (κ3) is 4.10. The Bertz CT molecular complexity index is 693. The van der Waals surface area contributed by atoms with Crippen LogP contribution in [0.25, 0.3) is 0 Å². The van der Waals surface area contributed by atoms with Crippen LogP contribution in [0.2, 0.25) is 0 Å². The Morgan fingerprint density at radius 2 is 2.15 bits per heavy atom. The molecule has 2 heterocycles. The third-order valence-corrected chi connectivity index (χ3v) is 5.87. The van der Waals surface area contributed by atoms with Gasteiger partial charge in [0.1, 0.15) is 5.75 Å². The molecule has 1 aromatic carbocycles. The molecule has 6 nitrogen and oxygen atoms in total. The minimum atomic E-state index is -0.423. The number of ether oxygens (including phenoxy) is 2. The maximum atomic E-state index is 13.1. The van der Waals surface area contributed by atoms with Gasteiger partial charge in [-0.3, -0.25) is 9.59 Å². The molecule has 0 bridgehead atoms. The summed E-state index contributed by atoms with van der Waals surface area (Å²) >= 11 is 0. The van der Waals surface area contributed by atoms with Crippen molar-refractivity contribution in [1.82, 2.24) is 10.2 Å². The summed E-state index contributed by atoms with van der Waals surface area (Å²) in [5, 5.41) is 3.23. The second-order valence-corrected chi connectivity index (χ2v) is 7.77. The van der Waals surface area contributed by atoms with Gasteiger partial charge in [0.05, 0.1) is 37.8 Å². The minimum Gasteiger partial charge on any atom is -0.497 e. The zero-order chi connectivity index (χ0) is 19.4. The zero-order valence-electron chi connectivity index (χ0n) is 16.5. The monoisotopic (exact) mass is 374 g/mol. The number of fused-ring (bicyclic) bond motifs is 1. The molecule has 27 heavy (non-hydrogen) atoms. The number of nitrogens with zero attached hydrogens (tertiary/aromatic N) is 1. The second-order valence-electron chi connectivity index (χ2n) is 7.77. The second kappa shape index (κ2) is 8.30. The molecule has 1 N–H and O–H groups in total. The SMILES string of the molecule is COCCC(=O)N1[C@H]2CCCCC(=O)N[C@@]2(C)C[C@H]1c1cccc(OC)c1. The highest BCUT2D eigenvalue weighted by molar-refractivity contribution is 5.80. The number of nitrogens with one attached hydrogen (secondary N) is 1. The highest BCUT2D eigenvalue weighted by atomic mass is 16.5. The number of likely N-dealkylation sites (tertiary alicyclic amines) is 1. The molecule has 1 aromatic rings. The molecule has 0 aliphatic carbocycles. The molecular weight excluding hydrogens is 344 g/mol. The number of carbonyl (C=O) groups is 2. The number of amides is 2. The summed E-state index contributed by atoms with van der Waals surface area (Å²) < 4.78 is 10.5. The molecule has 2 fully saturated rings. The summed E-state index contributed by atoms with van der Waals surface area (Å²) in [6, 6.07) is 7.79. The van der Waals surface area contributed by atoms with E-state index in [0.29, 0.717) is 25.9 Å². The summed E-state index contributed by atoms with van der Waals surface area (Å²) in [6.45, 7) is 2.48. The van der Waals surface area contributed by atoms with Crippen LogP contribution in [0.15, 0.2) is 24.3 Å². The minimum absolute atomic E-state index is 0.0118. The zero-order valence-corrected chi connectivity index (χ0v) is 16.5. The predicted molar refractivity (Wildman–Crippen MR) is 102 cm³/mol. The summed E-state index contributed by atoms with van der Waals surface area (Å²) in [6.07, 6.45) is 4.32. The van der Waals surface area contributed by atoms with Crippen molar-refractivity contribution in [3.63, 3.8) is 0 Å². The number of hydrogen-bond acceptors (Lipinski definition) is 4. The van der Waals surface area contributed by atoms with Crippen molar-refractivity contribution in [1.29, 1.82) is 0 Å². The lowest BCUT2D eigenvalue weighted by Gasteiger charge is -2.38. The van der Waals surface area contributed by atoms with Crippen LogP contribution in [0.3, 0.4) is 0 Å². The highest BCUT2D eigenvalue weighted by Crippen LogP contribution is 2.45. The Morgan fingerprint density at radius 3 is 2.89 bits per heavy atom. The first kappa shape index (κ1) is 19.7. The van der Waals surface area contributed by atoms with E-state index >= 15 is 0 Å². The molecule has 0 unspecified atom stereocenters. The van der Waals surface area contributed by atoms with Gasteiger partial charge in [-0.15, -0.1) is 0 Å². The van der Waals surface area contributed by atoms with Gasteiger partial charge in [-0.05, 0) is 43.9 Å². The van der Waals surface area contributed by atoms with E-state index < -0.39 is 5.54 Å². The average Bonchev–Trinajstić information content (AvgIpc) is 2.93. The molecule has 148 valence electrons. The number of carbonyl (C=O) groups excluding carboxylic acids is 2. The molecule has 2 aliphatic heterocycles. The van der Waals surface area contributed by atoms with Crippen LogP contribution < -0.4 is 10.1 Å². The van der Waals surface area contributed by atoms with Crippen LogP contribution in [-0.2, 0) is 14.3 Å². The Morgan fingerprint density at radius 1 is 1.33 bits per heavy atom. The van der Waals surface area contributed by atoms with Crippen LogP contribution in [-0.4, -0.2) is 49.1 Å². The maximum Gasteiger partial charge on any atom is 0.225 e. The first-order valence-corrected chi connectivity index (χ1v) is 9.73. The molecule has 2 saturated heterocycles. The van der Waals surface area contributed by atoms with E-state index in [1.807, 2.05) is 29.2 Å². The Labute approximate surface area is 161 Å². The smallest absolute Gasteiger partial charge is 0.225 e. The maximum absolute atomic E-state index is 13.1. The van der Waals surface area contributed by atoms with Gasteiger partial charge in [0.2, 0.25) is 11.8 Å². The summed E-state index contributed by atoms with van der Waals surface area (Å²) in [4.78, 5) is 27.4. The van der Waals surface area contributed by atoms with E-state index in [4.69, 9.17) is 9.47 Å². The van der Waals surface area contributed by atoms with E-state index in [1.54, 1.807) is 14.2 Å². The number of rotatable bonds is 5. The van der Waals surface area contributed by atoms with Crippen LogP contribution in [0, 0.1) is 0 Å². The van der Waals surface area contributed by atoms with Crippen molar-refractivity contribution in [2.24, 2.45) is 0 Å². The molecule has 0 aromatic heterocycles. The molecule has 3 rings (SSSR count). The van der Waals surface area contributed by atoms with Crippen molar-refractivity contribution in [2.45, 2.75) is 63.1 Å². The molecule has 0 spiro atoms. The van der Waals surface area contributed by atoms with Gasteiger partial charge < -0.3 is 19.7 Å². The third-order valence-electron chi connectivity index (χ3n) is 5.87. The Hall–Kier alpha value is -2.08. The molecule has 2 amide bonds. The average molecular weight is 374 g/mol. The van der Waals surface area contributed by atoms with E-state index in [9.17, 15) is 9.59 Å². The van der Waals surface area contributed by atoms with Crippen LogP contribution in [0.4, 0.5) is 0 Å². The van der Waals surface area contributed by atoms with E-state index in [1.165, 1.54) is 0 Å². The summed E-state index contributed by atoms with van der Waals surface area (Å²) in [5.74, 6) is 0.932.